The smallest absolute Gasteiger partial charge is 0.0495 e. The minimum atomic E-state index is 1.06. The van der Waals surface area contributed by atoms with Gasteiger partial charge >= 0.3 is 0 Å². The van der Waals surface area contributed by atoms with Crippen molar-refractivity contribution in [2.24, 2.45) is 0 Å². The number of aryl methyl sites for hydroxylation is 4. The van der Waals surface area contributed by atoms with Crippen molar-refractivity contribution >= 4 is 35.0 Å². The molecule has 0 aliphatic carbocycles. The van der Waals surface area contributed by atoms with Gasteiger partial charge in [-0.25, -0.2) is 0 Å². The summed E-state index contributed by atoms with van der Waals surface area (Å²) < 4.78 is 4.52. The van der Waals surface area contributed by atoms with Gasteiger partial charge in [-0.2, -0.15) is 0 Å². The van der Waals surface area contributed by atoms with Crippen molar-refractivity contribution in [1.29, 1.82) is 0 Å². The topological polar surface area (TPSA) is 8.82 Å². The third kappa shape index (κ3) is 1.35. The van der Waals surface area contributed by atoms with Crippen LogP contribution in [-0.2, 0) is 0 Å². The molecule has 2 nitrogen and oxygen atoms in total. The summed E-state index contributed by atoms with van der Waals surface area (Å²) in [5, 5.41) is 4.59. The summed E-state index contributed by atoms with van der Waals surface area (Å²) in [6.07, 6.45) is 0. The third-order valence-electron chi connectivity index (χ3n) is 5.04. The van der Waals surface area contributed by atoms with Gasteiger partial charge < -0.3 is 8.80 Å². The van der Waals surface area contributed by atoms with Crippen LogP contribution in [0.4, 0.5) is 0 Å². The van der Waals surface area contributed by atoms with E-state index in [2.05, 4.69) is 73.9 Å². The summed E-state index contributed by atoms with van der Waals surface area (Å²) in [5.41, 5.74) is 7.45. The van der Waals surface area contributed by atoms with Gasteiger partial charge in [0.1, 0.15) is 0 Å². The van der Waals surface area contributed by atoms with E-state index in [-0.39, 0.29) is 0 Å². The maximum absolute atomic E-state index is 4.39. The summed E-state index contributed by atoms with van der Waals surface area (Å²) in [6, 6.07) is 8.68. The van der Waals surface area contributed by atoms with Gasteiger partial charge in [-0.05, 0) is 63.1 Å². The van der Waals surface area contributed by atoms with Crippen LogP contribution in [-0.4, -0.2) is 8.80 Å². The Morgan fingerprint density at radius 1 is 0.636 bits per heavy atom. The van der Waals surface area contributed by atoms with Crippen LogP contribution in [0.25, 0.3) is 35.0 Å². The molecule has 2 heteroatoms. The molecule has 0 aliphatic rings. The Balaban J connectivity index is 2.51. The van der Waals surface area contributed by atoms with Crippen molar-refractivity contribution in [2.45, 2.75) is 27.7 Å². The molecule has 0 amide bonds. The number of hydrogen-bond donors (Lipinski definition) is 0. The fourth-order valence-electron chi connectivity index (χ4n) is 3.96. The van der Waals surface area contributed by atoms with E-state index in [1.54, 1.807) is 0 Å². The van der Waals surface area contributed by atoms with Crippen molar-refractivity contribution in [3.8, 4) is 0 Å². The molecule has 0 unspecified atom stereocenters. The molecule has 0 bridgehead atoms. The third-order valence-corrected chi connectivity index (χ3v) is 5.04. The van der Waals surface area contributed by atoms with Gasteiger partial charge in [-0.15, -0.1) is 0 Å². The molecule has 0 saturated carbocycles. The normalized spacial score (nSPS) is 12.0. The summed E-state index contributed by atoms with van der Waals surface area (Å²) in [4.78, 5) is 0. The Morgan fingerprint density at radius 3 is 1.36 bits per heavy atom. The minimum Gasteiger partial charge on any atom is -0.314 e. The summed E-state index contributed by atoms with van der Waals surface area (Å²) in [5.74, 6) is 0. The van der Waals surface area contributed by atoms with Crippen molar-refractivity contribution in [3.63, 3.8) is 0 Å². The lowest BCUT2D eigenvalue weighted by Crippen LogP contribution is -2.23. The van der Waals surface area contributed by atoms with Crippen LogP contribution in [0.1, 0.15) is 22.5 Å². The van der Waals surface area contributed by atoms with E-state index < -0.39 is 0 Å². The Morgan fingerprint density at radius 2 is 1.00 bits per heavy atom. The zero-order valence-corrected chi connectivity index (χ0v) is 13.6. The highest BCUT2D eigenvalue weighted by Gasteiger charge is 2.14. The summed E-state index contributed by atoms with van der Waals surface area (Å²) in [7, 11) is 0. The van der Waals surface area contributed by atoms with Crippen molar-refractivity contribution < 1.29 is 0 Å². The van der Waals surface area contributed by atoms with Gasteiger partial charge in [0.25, 0.3) is 0 Å². The fourth-order valence-corrected chi connectivity index (χ4v) is 3.96. The number of fused-ring (bicyclic) bond motifs is 3. The predicted molar refractivity (Wildman–Crippen MR) is 95.1 cm³/mol. The van der Waals surface area contributed by atoms with Gasteiger partial charge in [0.05, 0.1) is 0 Å². The average molecular weight is 288 g/mol. The van der Waals surface area contributed by atoms with Crippen molar-refractivity contribution in [2.75, 3.05) is 0 Å². The standard InChI is InChI=1S/C20H20N2/c1-11-7-9-17-13(3)20-16(6)22-12(2)8-10-18(22)14(4)19(20)15(5)21(11)17/h7-10H,5-6H2,1-4H3. The molecule has 4 rings (SSSR count). The van der Waals surface area contributed by atoms with E-state index in [0.717, 1.165) is 10.7 Å². The van der Waals surface area contributed by atoms with Crippen LogP contribution in [0, 0.1) is 27.7 Å². The fraction of sp³-hybridized carbons (Fsp3) is 0.200. The first-order valence-electron chi connectivity index (χ1n) is 7.62. The van der Waals surface area contributed by atoms with E-state index >= 15 is 0 Å². The van der Waals surface area contributed by atoms with E-state index in [0.29, 0.717) is 0 Å². The molecule has 0 radical (unpaired) electrons. The lowest BCUT2D eigenvalue weighted by molar-refractivity contribution is 1.05. The van der Waals surface area contributed by atoms with Crippen LogP contribution in [0.2, 0.25) is 0 Å². The van der Waals surface area contributed by atoms with Gasteiger partial charge in [-0.3, -0.25) is 0 Å². The highest BCUT2D eigenvalue weighted by atomic mass is 14.9. The molecule has 0 aromatic carbocycles. The summed E-state index contributed by atoms with van der Waals surface area (Å²) in [6.45, 7) is 17.4. The van der Waals surface area contributed by atoms with E-state index in [1.165, 1.54) is 44.3 Å². The first-order chi connectivity index (χ1) is 10.4. The zero-order valence-electron chi connectivity index (χ0n) is 13.6. The average Bonchev–Trinajstić information content (AvgIpc) is 3.04. The Hall–Kier alpha value is -2.48. The number of hydrogen-bond acceptors (Lipinski definition) is 0. The first-order valence-corrected chi connectivity index (χ1v) is 7.62. The van der Waals surface area contributed by atoms with Gasteiger partial charge in [-0.1, -0.05) is 13.2 Å². The van der Waals surface area contributed by atoms with Crippen LogP contribution < -0.4 is 10.7 Å². The summed E-state index contributed by atoms with van der Waals surface area (Å²) >= 11 is 0. The van der Waals surface area contributed by atoms with E-state index in [9.17, 15) is 0 Å². The van der Waals surface area contributed by atoms with Crippen LogP contribution in [0.15, 0.2) is 24.3 Å². The monoisotopic (exact) mass is 288 g/mol. The maximum atomic E-state index is 4.39. The molecular weight excluding hydrogens is 268 g/mol. The minimum absolute atomic E-state index is 1.06. The second kappa shape index (κ2) is 4.04. The molecule has 0 saturated heterocycles. The lowest BCUT2D eigenvalue weighted by atomic mass is 10.0. The van der Waals surface area contributed by atoms with E-state index in [1.807, 2.05) is 0 Å². The zero-order chi connectivity index (χ0) is 15.8. The Bertz CT molecular complexity index is 1090. The van der Waals surface area contributed by atoms with Crippen LogP contribution >= 0.6 is 0 Å². The maximum Gasteiger partial charge on any atom is 0.0495 e. The second-order valence-corrected chi connectivity index (χ2v) is 6.28. The SMILES string of the molecule is C=c1c2c(C)c3ccc(C)n3c(=C)c2c(C)c2ccc(C)n12. The van der Waals surface area contributed by atoms with Crippen molar-refractivity contribution in [1.82, 2.24) is 8.80 Å². The predicted octanol–water partition coefficient (Wildman–Crippen LogP) is 3.40. The quantitative estimate of drug-likeness (QED) is 0.469. The molecular formula is C20H20N2. The second-order valence-electron chi connectivity index (χ2n) is 6.28. The van der Waals surface area contributed by atoms with Gasteiger partial charge in [0, 0.05) is 43.9 Å². The molecule has 0 fully saturated rings. The molecule has 4 aromatic rings. The Kier molecular flexibility index (Phi) is 2.42. The lowest BCUT2D eigenvalue weighted by Gasteiger charge is -2.15. The number of rotatable bonds is 0. The molecule has 0 spiro atoms. The highest BCUT2D eigenvalue weighted by Crippen LogP contribution is 2.24. The molecule has 4 aromatic heterocycles. The van der Waals surface area contributed by atoms with Gasteiger partial charge in [0.15, 0.2) is 0 Å². The largest absolute Gasteiger partial charge is 0.314 e. The number of pyridine rings is 2. The van der Waals surface area contributed by atoms with Crippen LogP contribution in [0.3, 0.4) is 0 Å². The first kappa shape index (κ1) is 13.2. The molecule has 4 heterocycles. The van der Waals surface area contributed by atoms with E-state index in [4.69, 9.17) is 0 Å². The molecule has 0 aliphatic heterocycles. The van der Waals surface area contributed by atoms with Crippen LogP contribution in [0.5, 0.6) is 0 Å². The molecule has 0 atom stereocenters. The number of aromatic nitrogens is 2. The molecule has 22 heavy (non-hydrogen) atoms. The Labute approximate surface area is 129 Å². The highest BCUT2D eigenvalue weighted by molar-refractivity contribution is 5.96. The molecule has 110 valence electrons. The number of nitrogens with zero attached hydrogens (tertiary/aromatic N) is 2. The molecule has 0 N–H and O–H groups in total. The van der Waals surface area contributed by atoms with Gasteiger partial charge in [0.2, 0.25) is 0 Å². The van der Waals surface area contributed by atoms with Crippen molar-refractivity contribution in [3.05, 3.63) is 57.5 Å².